The van der Waals surface area contributed by atoms with Crippen LogP contribution in [-0.2, 0) is 14.3 Å². The fourth-order valence-corrected chi connectivity index (χ4v) is 0.607. The lowest BCUT2D eigenvalue weighted by Crippen LogP contribution is -2.04. The average molecular weight is 216 g/mol. The molecule has 0 rings (SSSR count). The van der Waals surface area contributed by atoms with Crippen LogP contribution in [0.1, 0.15) is 59.8 Å². The number of carbonyl (C=O) groups excluding carboxylic acids is 2. The Kier molecular flexibility index (Phi) is 14.5. The number of ketones is 1. The second kappa shape index (κ2) is 13.1. The fourth-order valence-electron chi connectivity index (χ4n) is 0.607. The Bertz CT molecular complexity index is 164. The van der Waals surface area contributed by atoms with Gasteiger partial charge in [-0.15, -0.1) is 0 Å². The van der Waals surface area contributed by atoms with Gasteiger partial charge in [-0.1, -0.05) is 27.2 Å². The zero-order chi connectivity index (χ0) is 12.1. The van der Waals surface area contributed by atoms with Crippen molar-refractivity contribution in [3.8, 4) is 0 Å². The van der Waals surface area contributed by atoms with E-state index in [1.54, 1.807) is 6.92 Å². The minimum Gasteiger partial charge on any atom is -0.466 e. The Labute approximate surface area is 93.2 Å². The molecule has 0 bridgehead atoms. The molecule has 0 aromatic carbocycles. The summed E-state index contributed by atoms with van der Waals surface area (Å²) in [6.45, 7) is 8.08. The lowest BCUT2D eigenvalue weighted by atomic mass is 10.3. The highest BCUT2D eigenvalue weighted by Gasteiger charge is 1.97. The van der Waals surface area contributed by atoms with Gasteiger partial charge in [0.25, 0.3) is 0 Å². The van der Waals surface area contributed by atoms with Gasteiger partial charge in [-0.2, -0.15) is 0 Å². The van der Waals surface area contributed by atoms with Crippen LogP contribution in [0.2, 0.25) is 0 Å². The van der Waals surface area contributed by atoms with Crippen LogP contribution in [0.15, 0.2) is 0 Å². The summed E-state index contributed by atoms with van der Waals surface area (Å²) < 4.78 is 4.88. The van der Waals surface area contributed by atoms with Gasteiger partial charge in [0.1, 0.15) is 5.78 Å². The van der Waals surface area contributed by atoms with Crippen LogP contribution >= 0.6 is 0 Å². The van der Waals surface area contributed by atoms with Crippen LogP contribution in [0.4, 0.5) is 0 Å². The van der Waals surface area contributed by atoms with Crippen molar-refractivity contribution in [2.45, 2.75) is 59.8 Å². The average Bonchev–Trinajstić information content (AvgIpc) is 2.19. The van der Waals surface area contributed by atoms with E-state index in [0.717, 1.165) is 19.3 Å². The predicted molar refractivity (Wildman–Crippen MR) is 61.7 cm³/mol. The number of hydrogen-bond acceptors (Lipinski definition) is 3. The van der Waals surface area contributed by atoms with Crippen molar-refractivity contribution in [1.82, 2.24) is 0 Å². The molecule has 0 saturated carbocycles. The first-order valence-corrected chi connectivity index (χ1v) is 5.73. The molecule has 0 unspecified atom stereocenters. The molecule has 0 spiro atoms. The molecular weight excluding hydrogens is 192 g/mol. The van der Waals surface area contributed by atoms with Gasteiger partial charge in [0.05, 0.1) is 6.61 Å². The lowest BCUT2D eigenvalue weighted by molar-refractivity contribution is -0.143. The van der Waals surface area contributed by atoms with Crippen LogP contribution in [0.25, 0.3) is 0 Å². The molecule has 0 N–H and O–H groups in total. The highest BCUT2D eigenvalue weighted by molar-refractivity contribution is 5.74. The van der Waals surface area contributed by atoms with Gasteiger partial charge < -0.3 is 9.53 Å². The minimum absolute atomic E-state index is 0.0593. The van der Waals surface area contributed by atoms with Gasteiger partial charge in [-0.3, -0.25) is 4.79 Å². The molecule has 3 heteroatoms. The number of unbranched alkanes of at least 4 members (excludes halogenated alkanes) is 1. The van der Waals surface area contributed by atoms with Gasteiger partial charge in [-0.25, -0.2) is 0 Å². The normalized spacial score (nSPS) is 8.80. The Hall–Kier alpha value is -0.860. The zero-order valence-electron chi connectivity index (χ0n) is 10.5. The first-order valence-electron chi connectivity index (χ1n) is 5.73. The lowest BCUT2D eigenvalue weighted by Gasteiger charge is -2.00. The van der Waals surface area contributed by atoms with Crippen molar-refractivity contribution >= 4 is 11.8 Å². The molecule has 0 radical (unpaired) electrons. The summed E-state index contributed by atoms with van der Waals surface area (Å²) in [5.41, 5.74) is 0. The Morgan fingerprint density at radius 3 is 1.93 bits per heavy atom. The zero-order valence-corrected chi connectivity index (χ0v) is 10.5. The number of rotatable bonds is 6. The van der Waals surface area contributed by atoms with E-state index in [4.69, 9.17) is 4.74 Å². The molecule has 0 fully saturated rings. The molecule has 0 amide bonds. The topological polar surface area (TPSA) is 43.4 Å². The molecule has 0 aromatic heterocycles. The molecule has 0 atom stereocenters. The van der Waals surface area contributed by atoms with Gasteiger partial charge in [-0.05, 0) is 19.8 Å². The molecule has 0 aromatic rings. The summed E-state index contributed by atoms with van der Waals surface area (Å²) in [4.78, 5) is 20.5. The molecule has 0 saturated heterocycles. The Balaban J connectivity index is 0. The van der Waals surface area contributed by atoms with E-state index >= 15 is 0 Å². The minimum atomic E-state index is -0.0593. The molecule has 0 aliphatic heterocycles. The second-order valence-corrected chi connectivity index (χ2v) is 3.38. The van der Waals surface area contributed by atoms with Gasteiger partial charge in [0, 0.05) is 12.8 Å². The van der Waals surface area contributed by atoms with Crippen LogP contribution in [-0.4, -0.2) is 18.4 Å². The van der Waals surface area contributed by atoms with E-state index in [9.17, 15) is 9.59 Å². The highest BCUT2D eigenvalue weighted by Crippen LogP contribution is 1.93. The van der Waals surface area contributed by atoms with Crippen molar-refractivity contribution in [2.75, 3.05) is 6.61 Å². The van der Waals surface area contributed by atoms with E-state index in [2.05, 4.69) is 6.92 Å². The SMILES string of the molecule is CCC(C)=O.CCCCOC(=O)CCC. The van der Waals surface area contributed by atoms with E-state index in [0.29, 0.717) is 19.4 Å². The fraction of sp³-hybridized carbons (Fsp3) is 0.833. The first-order chi connectivity index (χ1) is 7.08. The largest absolute Gasteiger partial charge is 0.466 e. The van der Waals surface area contributed by atoms with Crippen molar-refractivity contribution in [2.24, 2.45) is 0 Å². The summed E-state index contributed by atoms with van der Waals surface area (Å²) in [5, 5.41) is 0. The van der Waals surface area contributed by atoms with E-state index < -0.39 is 0 Å². The summed E-state index contributed by atoms with van der Waals surface area (Å²) in [5.74, 6) is 0.195. The maximum atomic E-state index is 10.7. The van der Waals surface area contributed by atoms with Gasteiger partial charge >= 0.3 is 5.97 Å². The van der Waals surface area contributed by atoms with Crippen molar-refractivity contribution in [1.29, 1.82) is 0 Å². The third-order valence-electron chi connectivity index (χ3n) is 1.71. The first kappa shape index (κ1) is 16.6. The smallest absolute Gasteiger partial charge is 0.305 e. The van der Waals surface area contributed by atoms with Gasteiger partial charge in [0.15, 0.2) is 0 Å². The third kappa shape index (κ3) is 19.5. The van der Waals surface area contributed by atoms with E-state index in [-0.39, 0.29) is 11.8 Å². The highest BCUT2D eigenvalue weighted by atomic mass is 16.5. The monoisotopic (exact) mass is 216 g/mol. The molecular formula is C12H24O3. The molecule has 0 heterocycles. The summed E-state index contributed by atoms with van der Waals surface area (Å²) >= 11 is 0. The second-order valence-electron chi connectivity index (χ2n) is 3.38. The van der Waals surface area contributed by atoms with Crippen LogP contribution in [0.3, 0.4) is 0 Å². The number of esters is 1. The quantitative estimate of drug-likeness (QED) is 0.506. The molecule has 15 heavy (non-hydrogen) atoms. The number of carbonyl (C=O) groups is 2. The van der Waals surface area contributed by atoms with Crippen molar-refractivity contribution in [3.63, 3.8) is 0 Å². The maximum Gasteiger partial charge on any atom is 0.305 e. The van der Waals surface area contributed by atoms with E-state index in [1.807, 2.05) is 13.8 Å². The number of hydrogen-bond donors (Lipinski definition) is 0. The number of ether oxygens (including phenoxy) is 1. The standard InChI is InChI=1S/C8H16O2.C4H8O/c1-3-5-7-10-8(9)6-4-2;1-3-4(2)5/h3-7H2,1-2H3;3H2,1-2H3. The molecule has 0 aliphatic rings. The summed E-state index contributed by atoms with van der Waals surface area (Å²) in [6.07, 6.45) is 4.17. The summed E-state index contributed by atoms with van der Waals surface area (Å²) in [6, 6.07) is 0. The Morgan fingerprint density at radius 2 is 1.60 bits per heavy atom. The molecule has 0 aliphatic carbocycles. The predicted octanol–water partition coefficient (Wildman–Crippen LogP) is 3.12. The third-order valence-corrected chi connectivity index (χ3v) is 1.71. The van der Waals surface area contributed by atoms with Gasteiger partial charge in [0.2, 0.25) is 0 Å². The Morgan fingerprint density at radius 1 is 1.07 bits per heavy atom. The van der Waals surface area contributed by atoms with Crippen LogP contribution < -0.4 is 0 Å². The molecule has 3 nitrogen and oxygen atoms in total. The van der Waals surface area contributed by atoms with Crippen LogP contribution in [0.5, 0.6) is 0 Å². The maximum absolute atomic E-state index is 10.7. The van der Waals surface area contributed by atoms with Crippen molar-refractivity contribution in [3.05, 3.63) is 0 Å². The van der Waals surface area contributed by atoms with E-state index in [1.165, 1.54) is 0 Å². The molecule has 90 valence electrons. The van der Waals surface area contributed by atoms with Crippen molar-refractivity contribution < 1.29 is 14.3 Å². The number of Topliss-reactive ketones (excluding diaryl/α,β-unsaturated/α-hetero) is 1. The summed E-state index contributed by atoms with van der Waals surface area (Å²) in [7, 11) is 0. The van der Waals surface area contributed by atoms with Crippen LogP contribution in [0, 0.1) is 0 Å².